The highest BCUT2D eigenvalue weighted by Crippen LogP contribution is 2.20. The molecule has 0 spiro atoms. The van der Waals surface area contributed by atoms with E-state index in [9.17, 15) is 13.2 Å². The molecule has 0 saturated carbocycles. The molecule has 0 aromatic heterocycles. The Morgan fingerprint density at radius 3 is 2.32 bits per heavy atom. The minimum atomic E-state index is -3.69. The van der Waals surface area contributed by atoms with Crippen molar-refractivity contribution >= 4 is 21.6 Å². The molecule has 1 aromatic carbocycles. The lowest BCUT2D eigenvalue weighted by Crippen LogP contribution is -2.32. The van der Waals surface area contributed by atoms with Crippen molar-refractivity contribution < 1.29 is 13.2 Å². The Morgan fingerprint density at radius 1 is 1.32 bits per heavy atom. The maximum Gasteiger partial charge on any atom is 0.248 e. The molecule has 19 heavy (non-hydrogen) atoms. The summed E-state index contributed by atoms with van der Waals surface area (Å²) in [4.78, 5) is 10.9. The highest BCUT2D eigenvalue weighted by molar-refractivity contribution is 7.89. The molecule has 1 rings (SSSR count). The van der Waals surface area contributed by atoms with E-state index in [4.69, 9.17) is 11.5 Å². The summed E-state index contributed by atoms with van der Waals surface area (Å²) in [6.07, 6.45) is 0. The lowest BCUT2D eigenvalue weighted by atomic mass is 9.98. The predicted octanol–water partition coefficient (Wildman–Crippen LogP) is 0.692. The number of nitrogens with one attached hydrogen (secondary N) is 1. The third-order valence-corrected chi connectivity index (χ3v) is 3.85. The van der Waals surface area contributed by atoms with Crippen LogP contribution in [0.4, 0.5) is 5.69 Å². The molecule has 0 aliphatic rings. The Bertz CT molecular complexity index is 589. The van der Waals surface area contributed by atoms with Crippen molar-refractivity contribution in [1.82, 2.24) is 4.72 Å². The highest BCUT2D eigenvalue weighted by Gasteiger charge is 2.21. The molecular formula is C12H19N3O3S. The third-order valence-electron chi connectivity index (χ3n) is 2.38. The highest BCUT2D eigenvalue weighted by atomic mass is 32.2. The van der Waals surface area contributed by atoms with E-state index in [1.165, 1.54) is 18.2 Å². The number of sulfonamides is 1. The summed E-state index contributed by atoms with van der Waals surface area (Å²) in [5.74, 6) is -0.654. The Balaban J connectivity index is 3.06. The number of nitrogens with two attached hydrogens (primary N) is 2. The van der Waals surface area contributed by atoms with Gasteiger partial charge in [-0.3, -0.25) is 4.79 Å². The molecule has 0 fully saturated rings. The first-order chi connectivity index (χ1) is 8.53. The molecule has 0 aliphatic heterocycles. The number of nitrogen functional groups attached to an aromatic ring is 1. The van der Waals surface area contributed by atoms with E-state index in [0.717, 1.165) is 0 Å². The van der Waals surface area contributed by atoms with E-state index in [-0.39, 0.29) is 28.1 Å². The molecular weight excluding hydrogens is 266 g/mol. The quantitative estimate of drug-likeness (QED) is 0.706. The summed E-state index contributed by atoms with van der Waals surface area (Å²) in [5, 5.41) is 0. The summed E-state index contributed by atoms with van der Waals surface area (Å²) in [5.41, 5.74) is 10.7. The molecule has 0 aliphatic carbocycles. The van der Waals surface area contributed by atoms with Gasteiger partial charge < -0.3 is 11.5 Å². The molecule has 0 saturated heterocycles. The second kappa shape index (κ2) is 5.18. The van der Waals surface area contributed by atoms with Gasteiger partial charge in [0.15, 0.2) is 0 Å². The Kier molecular flexibility index (Phi) is 4.21. The van der Waals surface area contributed by atoms with E-state index >= 15 is 0 Å². The molecule has 6 nitrogen and oxygen atoms in total. The Labute approximate surface area is 113 Å². The number of carbonyl (C=O) groups is 1. The fourth-order valence-electron chi connectivity index (χ4n) is 1.34. The van der Waals surface area contributed by atoms with Gasteiger partial charge >= 0.3 is 0 Å². The van der Waals surface area contributed by atoms with Gasteiger partial charge in [0.1, 0.15) is 4.90 Å². The summed E-state index contributed by atoms with van der Waals surface area (Å²) in [7, 11) is -3.69. The molecule has 0 radical (unpaired) electrons. The molecule has 0 heterocycles. The zero-order chi connectivity index (χ0) is 14.8. The molecule has 0 atom stereocenters. The number of hydrogen-bond donors (Lipinski definition) is 3. The lowest BCUT2D eigenvalue weighted by Gasteiger charge is -2.19. The largest absolute Gasteiger partial charge is 0.398 e. The van der Waals surface area contributed by atoms with Gasteiger partial charge in [-0.05, 0) is 23.6 Å². The number of carbonyl (C=O) groups excluding carboxylic acids is 1. The minimum Gasteiger partial charge on any atom is -0.398 e. The van der Waals surface area contributed by atoms with Crippen LogP contribution in [0.2, 0.25) is 0 Å². The monoisotopic (exact) mass is 285 g/mol. The predicted molar refractivity (Wildman–Crippen MR) is 74.0 cm³/mol. The number of rotatable bonds is 4. The van der Waals surface area contributed by atoms with Crippen LogP contribution in [0.5, 0.6) is 0 Å². The smallest absolute Gasteiger partial charge is 0.248 e. The zero-order valence-electron chi connectivity index (χ0n) is 11.2. The average Bonchev–Trinajstić information content (AvgIpc) is 2.25. The SMILES string of the molecule is CC(C)(C)CNS(=O)(=O)c1ccc(C(N)=O)cc1N. The van der Waals surface area contributed by atoms with Gasteiger partial charge in [0.25, 0.3) is 0 Å². The second-order valence-electron chi connectivity index (χ2n) is 5.50. The second-order valence-corrected chi connectivity index (χ2v) is 7.24. The summed E-state index contributed by atoms with van der Waals surface area (Å²) in [6.45, 7) is 6.02. The van der Waals surface area contributed by atoms with Crippen molar-refractivity contribution in [3.05, 3.63) is 23.8 Å². The molecule has 0 bridgehead atoms. The van der Waals surface area contributed by atoms with Crippen LogP contribution in [-0.4, -0.2) is 20.9 Å². The number of benzene rings is 1. The van der Waals surface area contributed by atoms with Crippen molar-refractivity contribution in [2.75, 3.05) is 12.3 Å². The van der Waals surface area contributed by atoms with Gasteiger partial charge in [-0.1, -0.05) is 20.8 Å². The van der Waals surface area contributed by atoms with Gasteiger partial charge in [-0.25, -0.2) is 13.1 Å². The maximum atomic E-state index is 12.1. The van der Waals surface area contributed by atoms with Crippen LogP contribution in [0.15, 0.2) is 23.1 Å². The van der Waals surface area contributed by atoms with Gasteiger partial charge in [0.05, 0.1) is 5.69 Å². The molecule has 5 N–H and O–H groups in total. The average molecular weight is 285 g/mol. The van der Waals surface area contributed by atoms with E-state index in [0.29, 0.717) is 0 Å². The van der Waals surface area contributed by atoms with Crippen LogP contribution in [-0.2, 0) is 10.0 Å². The van der Waals surface area contributed by atoms with Crippen LogP contribution in [0.1, 0.15) is 31.1 Å². The van der Waals surface area contributed by atoms with Crippen LogP contribution < -0.4 is 16.2 Å². The van der Waals surface area contributed by atoms with Crippen LogP contribution in [0.25, 0.3) is 0 Å². The number of primary amides is 1. The fourth-order valence-corrected chi connectivity index (χ4v) is 2.73. The van der Waals surface area contributed by atoms with E-state index in [1.807, 2.05) is 20.8 Å². The van der Waals surface area contributed by atoms with Crippen LogP contribution >= 0.6 is 0 Å². The topological polar surface area (TPSA) is 115 Å². The number of anilines is 1. The van der Waals surface area contributed by atoms with E-state index in [1.54, 1.807) is 0 Å². The van der Waals surface area contributed by atoms with Gasteiger partial charge in [-0.15, -0.1) is 0 Å². The first-order valence-corrected chi connectivity index (χ1v) is 7.20. The van der Waals surface area contributed by atoms with E-state index < -0.39 is 15.9 Å². The number of hydrogen-bond acceptors (Lipinski definition) is 4. The number of amides is 1. The van der Waals surface area contributed by atoms with Crippen molar-refractivity contribution in [3.63, 3.8) is 0 Å². The van der Waals surface area contributed by atoms with Crippen LogP contribution in [0, 0.1) is 5.41 Å². The first-order valence-electron chi connectivity index (χ1n) is 5.72. The maximum absolute atomic E-state index is 12.1. The van der Waals surface area contributed by atoms with Crippen molar-refractivity contribution in [2.24, 2.45) is 11.1 Å². The standard InChI is InChI=1S/C12H19N3O3S/c1-12(2,3)7-15-19(17,18)10-5-4-8(11(14)16)6-9(10)13/h4-6,15H,7,13H2,1-3H3,(H2,14,16). The lowest BCUT2D eigenvalue weighted by molar-refractivity contribution is 0.1000. The minimum absolute atomic E-state index is 0.00212. The van der Waals surface area contributed by atoms with Gasteiger partial charge in [-0.2, -0.15) is 0 Å². The van der Waals surface area contributed by atoms with Crippen LogP contribution in [0.3, 0.4) is 0 Å². The molecule has 1 aromatic rings. The van der Waals surface area contributed by atoms with Crippen molar-refractivity contribution in [3.8, 4) is 0 Å². The molecule has 1 amide bonds. The molecule has 106 valence electrons. The summed E-state index contributed by atoms with van der Waals surface area (Å²) in [6, 6.07) is 3.87. The zero-order valence-corrected chi connectivity index (χ0v) is 12.0. The van der Waals surface area contributed by atoms with Gasteiger partial charge in [0.2, 0.25) is 15.9 Å². The Morgan fingerprint density at radius 2 is 1.89 bits per heavy atom. The molecule has 7 heteroatoms. The fraction of sp³-hybridized carbons (Fsp3) is 0.417. The van der Waals surface area contributed by atoms with Crippen molar-refractivity contribution in [1.29, 1.82) is 0 Å². The summed E-state index contributed by atoms with van der Waals surface area (Å²) < 4.78 is 26.6. The Hall–Kier alpha value is -1.60. The summed E-state index contributed by atoms with van der Waals surface area (Å²) >= 11 is 0. The normalized spacial score (nSPS) is 12.4. The van der Waals surface area contributed by atoms with E-state index in [2.05, 4.69) is 4.72 Å². The van der Waals surface area contributed by atoms with Gasteiger partial charge in [0, 0.05) is 12.1 Å². The third kappa shape index (κ3) is 4.22. The van der Waals surface area contributed by atoms with Crippen molar-refractivity contribution in [2.45, 2.75) is 25.7 Å². The molecule has 0 unspecified atom stereocenters. The first kappa shape index (κ1) is 15.5.